The Morgan fingerprint density at radius 2 is 2.10 bits per heavy atom. The molecule has 0 saturated heterocycles. The van der Waals surface area contributed by atoms with Gasteiger partial charge in [0.2, 0.25) is 0 Å². The molecule has 7 heteroatoms. The highest BCUT2D eigenvalue weighted by Gasteiger charge is 2.30. The molecule has 7 nitrogen and oxygen atoms in total. The van der Waals surface area contributed by atoms with Crippen molar-refractivity contribution in [2.75, 3.05) is 13.2 Å². The van der Waals surface area contributed by atoms with Crippen LogP contribution in [0.25, 0.3) is 5.65 Å². The van der Waals surface area contributed by atoms with Gasteiger partial charge in [-0.15, -0.1) is 0 Å². The van der Waals surface area contributed by atoms with E-state index in [9.17, 15) is 19.8 Å². The summed E-state index contributed by atoms with van der Waals surface area (Å²) in [6, 6.07) is 5.05. The molecular formula is C14H17N3O4. The van der Waals surface area contributed by atoms with E-state index in [4.69, 9.17) is 0 Å². The first-order valence-corrected chi connectivity index (χ1v) is 6.57. The lowest BCUT2D eigenvalue weighted by molar-refractivity contribution is 0.0651. The number of nitrogens with one attached hydrogen (secondary N) is 1. The zero-order valence-electron chi connectivity index (χ0n) is 11.6. The third-order valence-corrected chi connectivity index (χ3v) is 3.52. The van der Waals surface area contributed by atoms with Crippen molar-refractivity contribution in [3.63, 3.8) is 0 Å². The van der Waals surface area contributed by atoms with Crippen molar-refractivity contribution in [1.82, 2.24) is 14.7 Å². The topological polar surface area (TPSA) is 104 Å². The van der Waals surface area contributed by atoms with Gasteiger partial charge in [0.1, 0.15) is 11.2 Å². The van der Waals surface area contributed by atoms with Gasteiger partial charge in [-0.2, -0.15) is 0 Å². The molecule has 0 aliphatic carbocycles. The van der Waals surface area contributed by atoms with Crippen molar-refractivity contribution in [2.24, 2.45) is 0 Å². The number of hydrogen-bond donors (Lipinski definition) is 3. The number of carbonyl (C=O) groups excluding carboxylic acids is 1. The van der Waals surface area contributed by atoms with Gasteiger partial charge in [-0.1, -0.05) is 13.0 Å². The molecule has 0 aromatic carbocycles. The molecule has 112 valence electrons. The second kappa shape index (κ2) is 6.02. The van der Waals surface area contributed by atoms with Crippen molar-refractivity contribution in [2.45, 2.75) is 18.9 Å². The van der Waals surface area contributed by atoms with E-state index in [1.807, 2.05) is 0 Å². The van der Waals surface area contributed by atoms with Crippen LogP contribution in [0.5, 0.6) is 0 Å². The molecule has 0 radical (unpaired) electrons. The smallest absolute Gasteiger partial charge is 0.270 e. The highest BCUT2D eigenvalue weighted by Crippen LogP contribution is 2.09. The maximum Gasteiger partial charge on any atom is 0.270 e. The summed E-state index contributed by atoms with van der Waals surface area (Å²) in [6.45, 7) is 0.875. The summed E-state index contributed by atoms with van der Waals surface area (Å²) in [5.41, 5.74) is -1.36. The zero-order valence-corrected chi connectivity index (χ0v) is 11.6. The molecule has 0 spiro atoms. The third kappa shape index (κ3) is 2.79. The van der Waals surface area contributed by atoms with Crippen molar-refractivity contribution in [1.29, 1.82) is 0 Å². The molecular weight excluding hydrogens is 274 g/mol. The number of carbonyl (C=O) groups is 1. The van der Waals surface area contributed by atoms with Crippen LogP contribution in [0.15, 0.2) is 35.4 Å². The van der Waals surface area contributed by atoms with Crippen LogP contribution in [0.1, 0.15) is 23.7 Å². The number of amides is 1. The molecule has 21 heavy (non-hydrogen) atoms. The molecule has 0 aliphatic heterocycles. The molecule has 0 fully saturated rings. The Bertz CT molecular complexity index is 698. The third-order valence-electron chi connectivity index (χ3n) is 3.52. The Balaban J connectivity index is 2.40. The Morgan fingerprint density at radius 1 is 1.38 bits per heavy atom. The van der Waals surface area contributed by atoms with Crippen molar-refractivity contribution in [3.05, 3.63) is 46.5 Å². The Hall–Kier alpha value is -2.25. The van der Waals surface area contributed by atoms with E-state index in [0.29, 0.717) is 12.1 Å². The maximum atomic E-state index is 12.3. The standard InChI is InChI=1S/C14H17N3O4/c1-2-14(8-18,9-19)16-12(20)10-7-15-11-5-3-4-6-17(11)13(10)21/h3-7,18-19H,2,8-9H2,1H3,(H,16,20). The first-order valence-electron chi connectivity index (χ1n) is 6.57. The van der Waals surface area contributed by atoms with Gasteiger partial charge in [0.25, 0.3) is 11.5 Å². The van der Waals surface area contributed by atoms with E-state index >= 15 is 0 Å². The Kier molecular flexibility index (Phi) is 4.35. The van der Waals surface area contributed by atoms with Crippen LogP contribution < -0.4 is 10.9 Å². The number of pyridine rings is 1. The fourth-order valence-corrected chi connectivity index (χ4v) is 1.93. The van der Waals surface area contributed by atoms with E-state index in [0.717, 1.165) is 0 Å². The predicted octanol–water partition coefficient (Wildman–Crippen LogP) is -0.442. The first kappa shape index (κ1) is 15.1. The van der Waals surface area contributed by atoms with Crippen molar-refractivity contribution < 1.29 is 15.0 Å². The van der Waals surface area contributed by atoms with Gasteiger partial charge < -0.3 is 15.5 Å². The molecule has 2 aromatic heterocycles. The van der Waals surface area contributed by atoms with Crippen LogP contribution >= 0.6 is 0 Å². The molecule has 0 aliphatic rings. The summed E-state index contributed by atoms with van der Waals surface area (Å²) in [4.78, 5) is 28.5. The van der Waals surface area contributed by atoms with Gasteiger partial charge in [0.05, 0.1) is 18.8 Å². The number of rotatable bonds is 5. The summed E-state index contributed by atoms with van der Waals surface area (Å²) < 4.78 is 1.26. The van der Waals surface area contributed by atoms with Gasteiger partial charge in [0, 0.05) is 12.4 Å². The van der Waals surface area contributed by atoms with E-state index in [1.54, 1.807) is 25.1 Å². The Labute approximate surface area is 120 Å². The van der Waals surface area contributed by atoms with Gasteiger partial charge in [-0.25, -0.2) is 4.98 Å². The normalized spacial score (nSPS) is 11.6. The molecule has 2 heterocycles. The monoisotopic (exact) mass is 291 g/mol. The average Bonchev–Trinajstić information content (AvgIpc) is 2.53. The SMILES string of the molecule is CCC(CO)(CO)NC(=O)c1cnc2ccccn2c1=O. The second-order valence-corrected chi connectivity index (χ2v) is 4.81. The van der Waals surface area contributed by atoms with Gasteiger partial charge in [0.15, 0.2) is 0 Å². The summed E-state index contributed by atoms with van der Waals surface area (Å²) in [5.74, 6) is -0.671. The summed E-state index contributed by atoms with van der Waals surface area (Å²) in [7, 11) is 0. The summed E-state index contributed by atoms with van der Waals surface area (Å²) >= 11 is 0. The van der Waals surface area contributed by atoms with Gasteiger partial charge in [-0.05, 0) is 18.6 Å². The molecule has 2 aromatic rings. The lowest BCUT2D eigenvalue weighted by atomic mass is 9.98. The maximum absolute atomic E-state index is 12.3. The second-order valence-electron chi connectivity index (χ2n) is 4.81. The highest BCUT2D eigenvalue weighted by molar-refractivity contribution is 5.94. The van der Waals surface area contributed by atoms with Crippen LogP contribution in [-0.2, 0) is 0 Å². The Morgan fingerprint density at radius 3 is 2.71 bits per heavy atom. The van der Waals surface area contributed by atoms with Crippen LogP contribution in [-0.4, -0.2) is 44.3 Å². The lowest BCUT2D eigenvalue weighted by Gasteiger charge is -2.29. The first-order chi connectivity index (χ1) is 10.1. The number of aromatic nitrogens is 2. The number of aliphatic hydroxyl groups excluding tert-OH is 2. The number of aliphatic hydroxyl groups is 2. The van der Waals surface area contributed by atoms with E-state index < -0.39 is 30.2 Å². The van der Waals surface area contributed by atoms with Crippen LogP contribution in [0.4, 0.5) is 0 Å². The van der Waals surface area contributed by atoms with Crippen LogP contribution in [0.2, 0.25) is 0 Å². The predicted molar refractivity (Wildman–Crippen MR) is 76.1 cm³/mol. The molecule has 0 saturated carbocycles. The lowest BCUT2D eigenvalue weighted by Crippen LogP contribution is -2.54. The molecule has 3 N–H and O–H groups in total. The van der Waals surface area contributed by atoms with Crippen molar-refractivity contribution in [3.8, 4) is 0 Å². The molecule has 0 atom stereocenters. The minimum atomic E-state index is -1.15. The van der Waals surface area contributed by atoms with E-state index in [2.05, 4.69) is 10.3 Å². The highest BCUT2D eigenvalue weighted by atomic mass is 16.3. The number of nitrogens with zero attached hydrogens (tertiary/aromatic N) is 2. The van der Waals surface area contributed by atoms with Gasteiger partial charge in [-0.3, -0.25) is 14.0 Å². The quantitative estimate of drug-likeness (QED) is 0.692. The number of fused-ring (bicyclic) bond motifs is 1. The van der Waals surface area contributed by atoms with E-state index in [1.165, 1.54) is 16.8 Å². The van der Waals surface area contributed by atoms with Crippen molar-refractivity contribution >= 4 is 11.6 Å². The minimum absolute atomic E-state index is 0.140. The molecule has 2 rings (SSSR count). The minimum Gasteiger partial charge on any atom is -0.394 e. The largest absolute Gasteiger partial charge is 0.394 e. The number of hydrogen-bond acceptors (Lipinski definition) is 5. The fraction of sp³-hybridized carbons (Fsp3) is 0.357. The fourth-order valence-electron chi connectivity index (χ4n) is 1.93. The van der Waals surface area contributed by atoms with Crippen LogP contribution in [0, 0.1) is 0 Å². The summed E-state index contributed by atoms with van der Waals surface area (Å²) in [5, 5.41) is 21.2. The molecule has 0 unspecified atom stereocenters. The zero-order chi connectivity index (χ0) is 15.5. The van der Waals surface area contributed by atoms with Crippen LogP contribution in [0.3, 0.4) is 0 Å². The van der Waals surface area contributed by atoms with Gasteiger partial charge >= 0.3 is 0 Å². The molecule has 0 bridgehead atoms. The summed E-state index contributed by atoms with van der Waals surface area (Å²) in [6.07, 6.45) is 3.04. The average molecular weight is 291 g/mol. The molecule has 1 amide bonds. The van der Waals surface area contributed by atoms with E-state index in [-0.39, 0.29) is 5.56 Å².